The van der Waals surface area contributed by atoms with Gasteiger partial charge in [0.2, 0.25) is 11.5 Å². The molecule has 0 spiro atoms. The number of H-pyrrole nitrogens is 1. The third-order valence-corrected chi connectivity index (χ3v) is 2.39. The van der Waals surface area contributed by atoms with Gasteiger partial charge in [0.25, 0.3) is 5.91 Å². The Bertz CT molecular complexity index is 481. The van der Waals surface area contributed by atoms with Crippen LogP contribution in [0, 0.1) is 0 Å². The zero-order valence-electron chi connectivity index (χ0n) is 10.5. The standard InChI is InChI=1S/C12H17N3O3/c1-3-7-15(8-11(17)13-2)12(18)9-5-4-6-10(16)14-9/h4-6H,3,7-8H2,1-2H3,(H,13,17)(H,14,16). The molecule has 0 atom stereocenters. The SMILES string of the molecule is CCCN(CC(=O)NC)C(=O)c1cccc(=O)[nH]1. The van der Waals surface area contributed by atoms with E-state index in [2.05, 4.69) is 10.3 Å². The molecule has 0 aliphatic rings. The summed E-state index contributed by atoms with van der Waals surface area (Å²) in [6.45, 7) is 2.36. The van der Waals surface area contributed by atoms with Crippen LogP contribution in [0.5, 0.6) is 0 Å². The van der Waals surface area contributed by atoms with E-state index in [-0.39, 0.29) is 29.6 Å². The molecule has 0 aliphatic heterocycles. The predicted octanol–water partition coefficient (Wildman–Crippen LogP) is -0.0269. The van der Waals surface area contributed by atoms with E-state index in [0.717, 1.165) is 6.42 Å². The molecule has 0 unspecified atom stereocenters. The molecule has 6 nitrogen and oxygen atoms in total. The van der Waals surface area contributed by atoms with Gasteiger partial charge in [-0.05, 0) is 12.5 Å². The minimum absolute atomic E-state index is 0.0138. The largest absolute Gasteiger partial charge is 0.358 e. The van der Waals surface area contributed by atoms with Crippen molar-refractivity contribution in [2.75, 3.05) is 20.1 Å². The Morgan fingerprint density at radius 2 is 2.11 bits per heavy atom. The van der Waals surface area contributed by atoms with E-state index in [4.69, 9.17) is 0 Å². The molecule has 0 bridgehead atoms. The molecule has 0 aromatic carbocycles. The fourth-order valence-electron chi connectivity index (χ4n) is 1.52. The molecule has 0 radical (unpaired) electrons. The third-order valence-electron chi connectivity index (χ3n) is 2.39. The fourth-order valence-corrected chi connectivity index (χ4v) is 1.52. The van der Waals surface area contributed by atoms with Crippen LogP contribution in [-0.2, 0) is 4.79 Å². The number of likely N-dealkylation sites (N-methyl/N-ethyl adjacent to an activating group) is 1. The first-order chi connectivity index (χ1) is 8.58. The number of hydrogen-bond donors (Lipinski definition) is 2. The normalized spacial score (nSPS) is 9.89. The highest BCUT2D eigenvalue weighted by atomic mass is 16.2. The van der Waals surface area contributed by atoms with E-state index in [1.54, 1.807) is 0 Å². The third kappa shape index (κ3) is 3.73. The smallest absolute Gasteiger partial charge is 0.270 e. The zero-order valence-corrected chi connectivity index (χ0v) is 10.5. The van der Waals surface area contributed by atoms with Gasteiger partial charge in [-0.3, -0.25) is 14.4 Å². The minimum Gasteiger partial charge on any atom is -0.358 e. The van der Waals surface area contributed by atoms with Gasteiger partial charge in [-0.2, -0.15) is 0 Å². The maximum atomic E-state index is 12.1. The lowest BCUT2D eigenvalue weighted by Crippen LogP contribution is -2.40. The van der Waals surface area contributed by atoms with Crippen molar-refractivity contribution in [3.63, 3.8) is 0 Å². The molecular formula is C12H17N3O3. The molecular weight excluding hydrogens is 234 g/mol. The Balaban J connectivity index is 2.88. The summed E-state index contributed by atoms with van der Waals surface area (Å²) in [7, 11) is 1.52. The summed E-state index contributed by atoms with van der Waals surface area (Å²) in [4.78, 5) is 38.5. The van der Waals surface area contributed by atoms with Gasteiger partial charge in [0.15, 0.2) is 0 Å². The average Bonchev–Trinajstić information content (AvgIpc) is 2.37. The van der Waals surface area contributed by atoms with E-state index >= 15 is 0 Å². The quantitative estimate of drug-likeness (QED) is 0.771. The summed E-state index contributed by atoms with van der Waals surface area (Å²) in [6, 6.07) is 4.37. The van der Waals surface area contributed by atoms with Gasteiger partial charge in [0.05, 0.1) is 6.54 Å². The van der Waals surface area contributed by atoms with E-state index in [0.29, 0.717) is 6.54 Å². The number of amides is 2. The summed E-state index contributed by atoms with van der Waals surface area (Å²) in [5.74, 6) is -0.590. The molecule has 1 aromatic heterocycles. The molecule has 18 heavy (non-hydrogen) atoms. The van der Waals surface area contributed by atoms with Crippen LogP contribution < -0.4 is 10.9 Å². The molecule has 98 valence electrons. The molecule has 6 heteroatoms. The number of nitrogens with zero attached hydrogens (tertiary/aromatic N) is 1. The predicted molar refractivity (Wildman–Crippen MR) is 67.3 cm³/mol. The number of aromatic nitrogens is 1. The summed E-state index contributed by atoms with van der Waals surface area (Å²) >= 11 is 0. The van der Waals surface area contributed by atoms with Crippen LogP contribution in [0.3, 0.4) is 0 Å². The lowest BCUT2D eigenvalue weighted by Gasteiger charge is -2.20. The Morgan fingerprint density at radius 1 is 1.39 bits per heavy atom. The van der Waals surface area contributed by atoms with E-state index in [9.17, 15) is 14.4 Å². The Hall–Kier alpha value is -2.11. The number of carbonyl (C=O) groups excluding carboxylic acids is 2. The van der Waals surface area contributed by atoms with Gasteiger partial charge >= 0.3 is 0 Å². The van der Waals surface area contributed by atoms with Gasteiger partial charge in [0.1, 0.15) is 5.69 Å². The average molecular weight is 251 g/mol. The van der Waals surface area contributed by atoms with E-state index < -0.39 is 0 Å². The van der Waals surface area contributed by atoms with Crippen LogP contribution in [0.1, 0.15) is 23.8 Å². The van der Waals surface area contributed by atoms with Crippen LogP contribution in [0.2, 0.25) is 0 Å². The van der Waals surface area contributed by atoms with Crippen molar-refractivity contribution in [2.24, 2.45) is 0 Å². The summed E-state index contributed by atoms with van der Waals surface area (Å²) in [5, 5.41) is 2.47. The van der Waals surface area contributed by atoms with Gasteiger partial charge in [-0.15, -0.1) is 0 Å². The molecule has 0 fully saturated rings. The lowest BCUT2D eigenvalue weighted by atomic mass is 10.3. The number of nitrogens with one attached hydrogen (secondary N) is 2. The van der Waals surface area contributed by atoms with Crippen LogP contribution in [0.25, 0.3) is 0 Å². The molecule has 0 saturated carbocycles. The van der Waals surface area contributed by atoms with Crippen LogP contribution in [0.4, 0.5) is 0 Å². The van der Waals surface area contributed by atoms with Crippen molar-refractivity contribution >= 4 is 11.8 Å². The number of hydrogen-bond acceptors (Lipinski definition) is 3. The molecule has 1 heterocycles. The van der Waals surface area contributed by atoms with Crippen molar-refractivity contribution in [1.82, 2.24) is 15.2 Å². The second-order valence-electron chi connectivity index (χ2n) is 3.83. The summed E-state index contributed by atoms with van der Waals surface area (Å²) in [6.07, 6.45) is 0.736. The molecule has 1 aromatic rings. The highest BCUT2D eigenvalue weighted by Crippen LogP contribution is 2.01. The monoisotopic (exact) mass is 251 g/mol. The van der Waals surface area contributed by atoms with Crippen LogP contribution in [-0.4, -0.2) is 41.8 Å². The number of rotatable bonds is 5. The van der Waals surface area contributed by atoms with Crippen molar-refractivity contribution in [2.45, 2.75) is 13.3 Å². The van der Waals surface area contributed by atoms with Crippen molar-refractivity contribution < 1.29 is 9.59 Å². The second-order valence-corrected chi connectivity index (χ2v) is 3.83. The highest BCUT2D eigenvalue weighted by molar-refractivity contribution is 5.94. The molecule has 1 rings (SSSR count). The topological polar surface area (TPSA) is 82.3 Å². The first-order valence-corrected chi connectivity index (χ1v) is 5.77. The van der Waals surface area contributed by atoms with Crippen LogP contribution in [0.15, 0.2) is 23.0 Å². The summed E-state index contributed by atoms with van der Waals surface area (Å²) in [5.41, 5.74) is -0.142. The Morgan fingerprint density at radius 3 is 2.67 bits per heavy atom. The minimum atomic E-state index is -0.349. The van der Waals surface area contributed by atoms with Crippen LogP contribution >= 0.6 is 0 Å². The van der Waals surface area contributed by atoms with Gasteiger partial charge in [0, 0.05) is 19.7 Å². The van der Waals surface area contributed by atoms with E-state index in [1.165, 1.54) is 30.1 Å². The fraction of sp³-hybridized carbons (Fsp3) is 0.417. The molecule has 2 N–H and O–H groups in total. The number of pyridine rings is 1. The number of aromatic amines is 1. The second kappa shape index (κ2) is 6.58. The maximum absolute atomic E-state index is 12.1. The first-order valence-electron chi connectivity index (χ1n) is 5.77. The summed E-state index contributed by atoms with van der Waals surface area (Å²) < 4.78 is 0. The van der Waals surface area contributed by atoms with E-state index in [1.807, 2.05) is 6.92 Å². The molecule has 2 amide bonds. The van der Waals surface area contributed by atoms with Gasteiger partial charge in [-0.25, -0.2) is 0 Å². The first kappa shape index (κ1) is 14.0. The maximum Gasteiger partial charge on any atom is 0.270 e. The van der Waals surface area contributed by atoms with Crippen molar-refractivity contribution in [3.05, 3.63) is 34.2 Å². The lowest BCUT2D eigenvalue weighted by molar-refractivity contribution is -0.121. The zero-order chi connectivity index (χ0) is 13.5. The highest BCUT2D eigenvalue weighted by Gasteiger charge is 2.18. The van der Waals surface area contributed by atoms with Gasteiger partial charge < -0.3 is 15.2 Å². The Labute approximate surface area is 105 Å². The van der Waals surface area contributed by atoms with Crippen molar-refractivity contribution in [1.29, 1.82) is 0 Å². The number of carbonyl (C=O) groups is 2. The van der Waals surface area contributed by atoms with Crippen molar-refractivity contribution in [3.8, 4) is 0 Å². The molecule has 0 aliphatic carbocycles. The molecule has 0 saturated heterocycles. The van der Waals surface area contributed by atoms with Gasteiger partial charge in [-0.1, -0.05) is 13.0 Å². The Kier molecular flexibility index (Phi) is 5.10.